The Labute approximate surface area is 127 Å². The minimum absolute atomic E-state index is 0.0861. The van der Waals surface area contributed by atoms with Gasteiger partial charge in [-0.25, -0.2) is 4.39 Å². The average Bonchev–Trinajstić information content (AvgIpc) is 2.50. The van der Waals surface area contributed by atoms with Gasteiger partial charge in [0.25, 0.3) is 0 Å². The van der Waals surface area contributed by atoms with Crippen molar-refractivity contribution in [2.24, 2.45) is 0 Å². The maximum Gasteiger partial charge on any atom is 0.225 e. The molecule has 0 aliphatic rings. The van der Waals surface area contributed by atoms with E-state index in [2.05, 4.69) is 5.32 Å². The summed E-state index contributed by atoms with van der Waals surface area (Å²) in [5.41, 5.74) is 0.604. The number of nitrogens with one attached hydrogen (secondary N) is 1. The van der Waals surface area contributed by atoms with Crippen molar-refractivity contribution in [3.05, 3.63) is 54.3 Å². The number of carbonyl (C=O) groups excluding carboxylic acids is 1. The Kier molecular flexibility index (Phi) is 5.63. The molecule has 0 spiro atoms. The fourth-order valence-corrected chi connectivity index (χ4v) is 2.61. The fraction of sp³-hybridized carbons (Fsp3) is 0.188. The Morgan fingerprint density at radius 3 is 2.71 bits per heavy atom. The van der Waals surface area contributed by atoms with Crippen molar-refractivity contribution in [2.75, 3.05) is 18.2 Å². The predicted molar refractivity (Wildman–Crippen MR) is 83.4 cm³/mol. The summed E-state index contributed by atoms with van der Waals surface area (Å²) in [7, 11) is 1.62. The van der Waals surface area contributed by atoms with Crippen LogP contribution in [-0.4, -0.2) is 18.8 Å². The van der Waals surface area contributed by atoms with Gasteiger partial charge in [0.1, 0.15) is 11.6 Å². The number of carbonyl (C=O) groups is 1. The van der Waals surface area contributed by atoms with Crippen LogP contribution in [0.1, 0.15) is 6.42 Å². The molecule has 3 nitrogen and oxygen atoms in total. The molecule has 0 atom stereocenters. The predicted octanol–water partition coefficient (Wildman–Crippen LogP) is 3.96. The van der Waals surface area contributed by atoms with Gasteiger partial charge in [0, 0.05) is 22.8 Å². The summed E-state index contributed by atoms with van der Waals surface area (Å²) in [5.74, 6) is 1.06. The molecule has 5 heteroatoms. The molecule has 0 bridgehead atoms. The number of hydrogen-bond acceptors (Lipinski definition) is 3. The molecule has 110 valence electrons. The number of methoxy groups -OCH3 is 1. The van der Waals surface area contributed by atoms with Crippen LogP contribution < -0.4 is 10.1 Å². The number of benzene rings is 2. The highest BCUT2D eigenvalue weighted by Crippen LogP contribution is 2.23. The maximum absolute atomic E-state index is 12.8. The van der Waals surface area contributed by atoms with E-state index >= 15 is 0 Å². The van der Waals surface area contributed by atoms with Crippen LogP contribution in [0.4, 0.5) is 10.1 Å². The number of amides is 1. The Hall–Kier alpha value is -2.01. The lowest BCUT2D eigenvalue weighted by Crippen LogP contribution is -2.12. The van der Waals surface area contributed by atoms with Crippen molar-refractivity contribution in [3.63, 3.8) is 0 Å². The molecule has 0 radical (unpaired) electrons. The van der Waals surface area contributed by atoms with Gasteiger partial charge in [0.05, 0.1) is 7.11 Å². The standard InChI is InChI=1S/C16H16FNO2S/c1-20-14-3-2-4-15(11-14)21-10-9-16(19)18-13-7-5-12(17)6-8-13/h2-8,11H,9-10H2,1H3,(H,18,19). The Bertz CT molecular complexity index is 601. The molecular weight excluding hydrogens is 289 g/mol. The van der Waals surface area contributed by atoms with Gasteiger partial charge in [0.2, 0.25) is 5.91 Å². The van der Waals surface area contributed by atoms with Crippen molar-refractivity contribution in [3.8, 4) is 5.75 Å². The summed E-state index contributed by atoms with van der Waals surface area (Å²) in [6.07, 6.45) is 0.388. The third-order valence-electron chi connectivity index (χ3n) is 2.77. The second kappa shape index (κ2) is 7.69. The van der Waals surface area contributed by atoms with E-state index in [1.54, 1.807) is 31.0 Å². The SMILES string of the molecule is COc1cccc(SCCC(=O)Nc2ccc(F)cc2)c1. The van der Waals surface area contributed by atoms with E-state index in [9.17, 15) is 9.18 Å². The van der Waals surface area contributed by atoms with E-state index < -0.39 is 0 Å². The van der Waals surface area contributed by atoms with Gasteiger partial charge < -0.3 is 10.1 Å². The molecule has 0 unspecified atom stereocenters. The third-order valence-corrected chi connectivity index (χ3v) is 3.76. The van der Waals surface area contributed by atoms with Gasteiger partial charge in [-0.1, -0.05) is 6.07 Å². The lowest BCUT2D eigenvalue weighted by atomic mass is 10.3. The smallest absolute Gasteiger partial charge is 0.225 e. The first-order valence-electron chi connectivity index (χ1n) is 6.49. The molecule has 0 saturated heterocycles. The van der Waals surface area contributed by atoms with Crippen LogP contribution in [0, 0.1) is 5.82 Å². The van der Waals surface area contributed by atoms with Crippen molar-refractivity contribution in [1.82, 2.24) is 0 Å². The van der Waals surface area contributed by atoms with Gasteiger partial charge in [-0.05, 0) is 42.5 Å². The van der Waals surface area contributed by atoms with Crippen LogP contribution in [0.3, 0.4) is 0 Å². The van der Waals surface area contributed by atoms with Crippen LogP contribution in [0.15, 0.2) is 53.4 Å². The van der Waals surface area contributed by atoms with Gasteiger partial charge in [-0.2, -0.15) is 0 Å². The molecule has 0 saturated carbocycles. The van der Waals surface area contributed by atoms with Gasteiger partial charge in [-0.3, -0.25) is 4.79 Å². The lowest BCUT2D eigenvalue weighted by molar-refractivity contribution is -0.115. The number of hydrogen-bond donors (Lipinski definition) is 1. The van der Waals surface area contributed by atoms with E-state index in [1.807, 2.05) is 24.3 Å². The first-order chi connectivity index (χ1) is 10.2. The van der Waals surface area contributed by atoms with E-state index in [-0.39, 0.29) is 11.7 Å². The highest BCUT2D eigenvalue weighted by Gasteiger charge is 2.04. The molecule has 21 heavy (non-hydrogen) atoms. The second-order valence-electron chi connectivity index (χ2n) is 4.33. The highest BCUT2D eigenvalue weighted by atomic mass is 32.2. The quantitative estimate of drug-likeness (QED) is 0.821. The van der Waals surface area contributed by atoms with Crippen molar-refractivity contribution in [2.45, 2.75) is 11.3 Å². The van der Waals surface area contributed by atoms with E-state index in [1.165, 1.54) is 12.1 Å². The monoisotopic (exact) mass is 305 g/mol. The summed E-state index contributed by atoms with van der Waals surface area (Å²) in [6.45, 7) is 0. The molecule has 1 amide bonds. The van der Waals surface area contributed by atoms with Crippen molar-refractivity contribution >= 4 is 23.4 Å². The number of thioether (sulfide) groups is 1. The number of ether oxygens (including phenoxy) is 1. The van der Waals surface area contributed by atoms with Crippen molar-refractivity contribution in [1.29, 1.82) is 0 Å². The third kappa shape index (κ3) is 5.11. The van der Waals surface area contributed by atoms with E-state index in [0.717, 1.165) is 10.6 Å². The highest BCUT2D eigenvalue weighted by molar-refractivity contribution is 7.99. The fourth-order valence-electron chi connectivity index (χ4n) is 1.71. The normalized spacial score (nSPS) is 10.2. The Balaban J connectivity index is 1.77. The molecular formula is C16H16FNO2S. The molecule has 0 aliphatic carbocycles. The second-order valence-corrected chi connectivity index (χ2v) is 5.50. The first-order valence-corrected chi connectivity index (χ1v) is 7.48. The van der Waals surface area contributed by atoms with Crippen LogP contribution >= 0.6 is 11.8 Å². The molecule has 0 aliphatic heterocycles. The lowest BCUT2D eigenvalue weighted by Gasteiger charge is -2.06. The first kappa shape index (κ1) is 15.4. The van der Waals surface area contributed by atoms with Crippen LogP contribution in [0.25, 0.3) is 0 Å². The topological polar surface area (TPSA) is 38.3 Å². The molecule has 2 aromatic carbocycles. The summed E-state index contributed by atoms with van der Waals surface area (Å²) in [6, 6.07) is 13.4. The van der Waals surface area contributed by atoms with Crippen LogP contribution in [-0.2, 0) is 4.79 Å². The molecule has 0 aromatic heterocycles. The van der Waals surface area contributed by atoms with E-state index in [4.69, 9.17) is 4.74 Å². The minimum Gasteiger partial charge on any atom is -0.497 e. The Morgan fingerprint density at radius 2 is 2.00 bits per heavy atom. The molecule has 2 aromatic rings. The zero-order valence-electron chi connectivity index (χ0n) is 11.6. The summed E-state index contributed by atoms with van der Waals surface area (Å²) < 4.78 is 17.9. The molecule has 2 rings (SSSR count). The van der Waals surface area contributed by atoms with Gasteiger partial charge >= 0.3 is 0 Å². The maximum atomic E-state index is 12.8. The summed E-state index contributed by atoms with van der Waals surface area (Å²) in [5, 5.41) is 2.73. The zero-order valence-corrected chi connectivity index (χ0v) is 12.5. The number of halogens is 1. The number of anilines is 1. The molecule has 1 N–H and O–H groups in total. The summed E-state index contributed by atoms with van der Waals surface area (Å²) in [4.78, 5) is 12.8. The minimum atomic E-state index is -0.318. The summed E-state index contributed by atoms with van der Waals surface area (Å²) >= 11 is 1.59. The van der Waals surface area contributed by atoms with Crippen LogP contribution in [0.2, 0.25) is 0 Å². The largest absolute Gasteiger partial charge is 0.497 e. The van der Waals surface area contributed by atoms with Crippen LogP contribution in [0.5, 0.6) is 5.75 Å². The van der Waals surface area contributed by atoms with Gasteiger partial charge in [0.15, 0.2) is 0 Å². The zero-order chi connectivity index (χ0) is 15.1. The number of rotatable bonds is 6. The molecule has 0 heterocycles. The van der Waals surface area contributed by atoms with Gasteiger partial charge in [-0.15, -0.1) is 11.8 Å². The van der Waals surface area contributed by atoms with E-state index in [0.29, 0.717) is 17.9 Å². The average molecular weight is 305 g/mol. The Morgan fingerprint density at radius 1 is 1.24 bits per heavy atom. The van der Waals surface area contributed by atoms with Crippen molar-refractivity contribution < 1.29 is 13.9 Å². The molecule has 0 fully saturated rings.